The van der Waals surface area contributed by atoms with Gasteiger partial charge in [0, 0.05) is 4.47 Å². The molecule has 1 aromatic carbocycles. The molecule has 10 heavy (non-hydrogen) atoms. The molecule has 1 aromatic rings. The smallest absolute Gasteiger partial charge is 0.0256 e. The van der Waals surface area contributed by atoms with Crippen LogP contribution in [-0.4, -0.2) is 5.90 Å². The van der Waals surface area contributed by atoms with Crippen molar-refractivity contribution < 1.29 is 5.11 Å². The van der Waals surface area contributed by atoms with E-state index in [0.717, 1.165) is 0 Å². The van der Waals surface area contributed by atoms with Crippen LogP contribution < -0.4 is 5.11 Å². The molecule has 0 aromatic heterocycles. The van der Waals surface area contributed by atoms with Crippen LogP contribution in [0.4, 0.5) is 0 Å². The van der Waals surface area contributed by atoms with Crippen molar-refractivity contribution in [3.05, 3.63) is 34.3 Å². The van der Waals surface area contributed by atoms with Gasteiger partial charge in [-0.2, -0.15) is 0 Å². The van der Waals surface area contributed by atoms with Crippen LogP contribution in [0.5, 0.6) is 0 Å². The Morgan fingerprint density at radius 1 is 1.40 bits per heavy atom. The molecule has 0 aliphatic rings. The van der Waals surface area contributed by atoms with Crippen LogP contribution >= 0.6 is 15.9 Å². The predicted molar refractivity (Wildman–Crippen MR) is 41.0 cm³/mol. The first-order chi connectivity index (χ1) is 4.72. The molecule has 1 rings (SSSR count). The molecule has 2 nitrogen and oxygen atoms in total. The monoisotopic (exact) mass is 198 g/mol. The number of halogens is 1. The lowest BCUT2D eigenvalue weighted by atomic mass is 10.2. The summed E-state index contributed by atoms with van der Waals surface area (Å²) in [7, 11) is 0. The van der Waals surface area contributed by atoms with E-state index < -0.39 is 5.90 Å². The zero-order valence-corrected chi connectivity index (χ0v) is 6.68. The van der Waals surface area contributed by atoms with E-state index in [1.165, 1.54) is 0 Å². The molecule has 0 aliphatic heterocycles. The highest BCUT2D eigenvalue weighted by Crippen LogP contribution is 2.14. The lowest BCUT2D eigenvalue weighted by Gasteiger charge is -2.07. The van der Waals surface area contributed by atoms with Crippen molar-refractivity contribution in [1.29, 1.82) is 5.41 Å². The van der Waals surface area contributed by atoms with E-state index in [9.17, 15) is 5.11 Å². The van der Waals surface area contributed by atoms with Gasteiger partial charge in [0.25, 0.3) is 0 Å². The largest absolute Gasteiger partial charge is 0.859 e. The first kappa shape index (κ1) is 7.28. The summed E-state index contributed by atoms with van der Waals surface area (Å²) in [5.74, 6) is -0.660. The van der Waals surface area contributed by atoms with Crippen molar-refractivity contribution >= 4 is 21.8 Å². The molecule has 3 heteroatoms. The minimum absolute atomic E-state index is 0.405. The van der Waals surface area contributed by atoms with Crippen LogP contribution in [0.15, 0.2) is 28.7 Å². The zero-order chi connectivity index (χ0) is 7.56. The topological polar surface area (TPSA) is 46.9 Å². The number of nitrogens with one attached hydrogen (secondary N) is 1. The Bertz CT molecular complexity index is 260. The van der Waals surface area contributed by atoms with Gasteiger partial charge in [0.15, 0.2) is 0 Å². The average molecular weight is 199 g/mol. The van der Waals surface area contributed by atoms with Gasteiger partial charge in [-0.15, -0.1) is 0 Å². The van der Waals surface area contributed by atoms with E-state index in [2.05, 4.69) is 15.9 Å². The van der Waals surface area contributed by atoms with Gasteiger partial charge in [-0.3, -0.25) is 0 Å². The first-order valence-corrected chi connectivity index (χ1v) is 3.51. The van der Waals surface area contributed by atoms with Gasteiger partial charge in [0.05, 0.1) is 0 Å². The van der Waals surface area contributed by atoms with Gasteiger partial charge in [-0.1, -0.05) is 34.1 Å². The fraction of sp³-hybridized carbons (Fsp3) is 0. The Balaban J connectivity index is 3.15. The van der Waals surface area contributed by atoms with Crippen molar-refractivity contribution in [2.75, 3.05) is 0 Å². The maximum Gasteiger partial charge on any atom is 0.0256 e. The molecule has 0 saturated carbocycles. The standard InChI is InChI=1S/C7H6BrNO/c8-6-4-2-1-3-5(6)7(9)10/h1-4H,(H2,9,10)/p-1. The second kappa shape index (κ2) is 2.84. The molecule has 0 saturated heterocycles. The highest BCUT2D eigenvalue weighted by Gasteiger charge is 1.93. The minimum atomic E-state index is -0.660. The van der Waals surface area contributed by atoms with Gasteiger partial charge in [0.1, 0.15) is 0 Å². The third-order valence-electron chi connectivity index (χ3n) is 1.12. The first-order valence-electron chi connectivity index (χ1n) is 2.72. The van der Waals surface area contributed by atoms with Crippen molar-refractivity contribution in [3.63, 3.8) is 0 Å². The van der Waals surface area contributed by atoms with Crippen molar-refractivity contribution in [1.82, 2.24) is 0 Å². The Hall–Kier alpha value is -0.830. The second-order valence-corrected chi connectivity index (χ2v) is 2.66. The molecule has 0 radical (unpaired) electrons. The summed E-state index contributed by atoms with van der Waals surface area (Å²) in [5, 5.41) is 17.3. The molecule has 0 unspecified atom stereocenters. The molecule has 0 spiro atoms. The summed E-state index contributed by atoms with van der Waals surface area (Å²) in [6, 6.07) is 6.88. The Labute approximate surface area is 67.1 Å². The van der Waals surface area contributed by atoms with Gasteiger partial charge >= 0.3 is 0 Å². The van der Waals surface area contributed by atoms with E-state index >= 15 is 0 Å². The van der Waals surface area contributed by atoms with E-state index in [-0.39, 0.29) is 0 Å². The molecular weight excluding hydrogens is 194 g/mol. The van der Waals surface area contributed by atoms with Crippen LogP contribution in [0.25, 0.3) is 0 Å². The third-order valence-corrected chi connectivity index (χ3v) is 1.81. The van der Waals surface area contributed by atoms with Crippen LogP contribution in [0, 0.1) is 5.41 Å². The second-order valence-electron chi connectivity index (χ2n) is 1.81. The third kappa shape index (κ3) is 1.36. The Morgan fingerprint density at radius 3 is 2.40 bits per heavy atom. The molecule has 0 atom stereocenters. The van der Waals surface area contributed by atoms with Gasteiger partial charge in [0.2, 0.25) is 0 Å². The summed E-state index contributed by atoms with van der Waals surface area (Å²) < 4.78 is 0.676. The molecule has 52 valence electrons. The maximum absolute atomic E-state index is 10.5. The fourth-order valence-electron chi connectivity index (χ4n) is 0.645. The van der Waals surface area contributed by atoms with Crippen LogP contribution in [0.3, 0.4) is 0 Å². The molecule has 0 fully saturated rings. The van der Waals surface area contributed by atoms with E-state index in [4.69, 9.17) is 5.41 Å². The Morgan fingerprint density at radius 2 is 2.00 bits per heavy atom. The van der Waals surface area contributed by atoms with Gasteiger partial charge in [-0.25, -0.2) is 0 Å². The number of benzene rings is 1. The lowest BCUT2D eigenvalue weighted by molar-refractivity contribution is -0.214. The van der Waals surface area contributed by atoms with Crippen LogP contribution in [0.1, 0.15) is 5.56 Å². The van der Waals surface area contributed by atoms with Crippen molar-refractivity contribution in [2.24, 2.45) is 0 Å². The fourth-order valence-corrected chi connectivity index (χ4v) is 1.11. The predicted octanol–water partition coefficient (Wildman–Crippen LogP) is 1.13. The summed E-state index contributed by atoms with van der Waals surface area (Å²) in [6.45, 7) is 0. The molecule has 0 amide bonds. The SMILES string of the molecule is N=C([O-])c1ccccc1Br. The molecule has 1 N–H and O–H groups in total. The van der Waals surface area contributed by atoms with Gasteiger partial charge in [-0.05, 0) is 17.5 Å². The van der Waals surface area contributed by atoms with Gasteiger partial charge < -0.3 is 10.5 Å². The highest BCUT2D eigenvalue weighted by molar-refractivity contribution is 9.10. The average Bonchev–Trinajstić information content (AvgIpc) is 1.88. The quantitative estimate of drug-likeness (QED) is 0.534. The van der Waals surface area contributed by atoms with E-state index in [0.29, 0.717) is 10.0 Å². The van der Waals surface area contributed by atoms with E-state index in [1.54, 1.807) is 24.3 Å². The summed E-state index contributed by atoms with van der Waals surface area (Å²) >= 11 is 3.16. The lowest BCUT2D eigenvalue weighted by Crippen LogP contribution is -2.17. The summed E-state index contributed by atoms with van der Waals surface area (Å²) in [5.41, 5.74) is 0.405. The van der Waals surface area contributed by atoms with E-state index in [1.807, 2.05) is 0 Å². The summed E-state index contributed by atoms with van der Waals surface area (Å²) in [4.78, 5) is 0. The Kier molecular flexibility index (Phi) is 2.06. The normalized spacial score (nSPS) is 9.30. The zero-order valence-electron chi connectivity index (χ0n) is 5.10. The number of hydrogen-bond acceptors (Lipinski definition) is 2. The number of hydrogen-bond donors (Lipinski definition) is 1. The van der Waals surface area contributed by atoms with Crippen molar-refractivity contribution in [3.8, 4) is 0 Å². The molecular formula is C7H5BrNO-. The number of rotatable bonds is 1. The van der Waals surface area contributed by atoms with Crippen LogP contribution in [-0.2, 0) is 0 Å². The maximum atomic E-state index is 10.5. The molecule has 0 aliphatic carbocycles. The molecule has 0 bridgehead atoms. The van der Waals surface area contributed by atoms with Crippen LogP contribution in [0.2, 0.25) is 0 Å². The highest BCUT2D eigenvalue weighted by atomic mass is 79.9. The van der Waals surface area contributed by atoms with Crippen molar-refractivity contribution in [2.45, 2.75) is 0 Å². The summed E-state index contributed by atoms with van der Waals surface area (Å²) in [6.07, 6.45) is 0. The molecule has 0 heterocycles. The minimum Gasteiger partial charge on any atom is -0.859 e.